The van der Waals surface area contributed by atoms with Crippen LogP contribution in [0.5, 0.6) is 0 Å². The van der Waals surface area contributed by atoms with E-state index in [9.17, 15) is 0 Å². The first-order valence-electron chi connectivity index (χ1n) is 4.85. The Morgan fingerprint density at radius 3 is 2.67 bits per heavy atom. The maximum absolute atomic E-state index is 6.04. The molecular formula is C11H16BrCl2N. The van der Waals surface area contributed by atoms with Crippen LogP contribution in [0.1, 0.15) is 37.8 Å². The van der Waals surface area contributed by atoms with Crippen LogP contribution in [0.3, 0.4) is 0 Å². The molecule has 0 aromatic heterocycles. The van der Waals surface area contributed by atoms with Gasteiger partial charge < -0.3 is 5.73 Å². The van der Waals surface area contributed by atoms with Crippen LogP contribution in [-0.4, -0.2) is 0 Å². The van der Waals surface area contributed by atoms with E-state index in [1.165, 1.54) is 12.8 Å². The highest BCUT2D eigenvalue weighted by atomic mass is 79.9. The van der Waals surface area contributed by atoms with E-state index in [1.54, 1.807) is 0 Å². The highest BCUT2D eigenvalue weighted by molar-refractivity contribution is 9.10. The zero-order chi connectivity index (χ0) is 10.6. The minimum absolute atomic E-state index is 0. The Balaban J connectivity index is 0.00000196. The molecule has 0 heterocycles. The molecule has 0 saturated carbocycles. The fourth-order valence-corrected chi connectivity index (χ4v) is 1.85. The van der Waals surface area contributed by atoms with Crippen molar-refractivity contribution in [2.24, 2.45) is 5.73 Å². The predicted octanol–water partition coefficient (Wildman–Crippen LogP) is 4.71. The Morgan fingerprint density at radius 2 is 2.13 bits per heavy atom. The molecule has 0 aliphatic heterocycles. The Labute approximate surface area is 111 Å². The van der Waals surface area contributed by atoms with Gasteiger partial charge in [-0.25, -0.2) is 0 Å². The van der Waals surface area contributed by atoms with Gasteiger partial charge >= 0.3 is 0 Å². The second-order valence-electron chi connectivity index (χ2n) is 3.42. The maximum Gasteiger partial charge on any atom is 0.0548 e. The Kier molecular flexibility index (Phi) is 7.62. The highest BCUT2D eigenvalue weighted by Crippen LogP contribution is 2.26. The summed E-state index contributed by atoms with van der Waals surface area (Å²) in [5, 5.41) is 0.733. The number of nitrogens with two attached hydrogens (primary N) is 1. The normalized spacial score (nSPS) is 12.0. The molecule has 0 unspecified atom stereocenters. The van der Waals surface area contributed by atoms with Crippen LogP contribution in [0.4, 0.5) is 0 Å². The number of halogens is 3. The van der Waals surface area contributed by atoms with Crippen molar-refractivity contribution in [1.82, 2.24) is 0 Å². The topological polar surface area (TPSA) is 26.0 Å². The summed E-state index contributed by atoms with van der Waals surface area (Å²) in [6, 6.07) is 6.01. The molecule has 1 aromatic rings. The minimum atomic E-state index is 0. The summed E-state index contributed by atoms with van der Waals surface area (Å²) in [6.45, 7) is 2.17. The SMILES string of the molecule is CCCC[C@@H](N)c1ccc(Cl)c(Br)c1.Cl. The highest BCUT2D eigenvalue weighted by Gasteiger charge is 2.06. The van der Waals surface area contributed by atoms with Gasteiger partial charge in [-0.1, -0.05) is 37.4 Å². The summed E-state index contributed by atoms with van der Waals surface area (Å²) in [4.78, 5) is 0. The van der Waals surface area contributed by atoms with Crippen molar-refractivity contribution in [3.63, 3.8) is 0 Å². The molecule has 0 spiro atoms. The third-order valence-corrected chi connectivity index (χ3v) is 3.45. The molecule has 0 saturated heterocycles. The third kappa shape index (κ3) is 4.73. The van der Waals surface area contributed by atoms with Crippen LogP contribution in [0, 0.1) is 0 Å². The number of unbranched alkanes of at least 4 members (excludes halogenated alkanes) is 1. The maximum atomic E-state index is 6.04. The van der Waals surface area contributed by atoms with Gasteiger partial charge in [0, 0.05) is 10.5 Å². The first kappa shape index (κ1) is 15.2. The minimum Gasteiger partial charge on any atom is -0.324 e. The monoisotopic (exact) mass is 311 g/mol. The van der Waals surface area contributed by atoms with Gasteiger partial charge in [0.15, 0.2) is 0 Å². The van der Waals surface area contributed by atoms with Crippen molar-refractivity contribution < 1.29 is 0 Å². The van der Waals surface area contributed by atoms with Gasteiger partial charge in [-0.3, -0.25) is 0 Å². The van der Waals surface area contributed by atoms with Crippen LogP contribution >= 0.6 is 39.9 Å². The average Bonchev–Trinajstić information content (AvgIpc) is 2.18. The molecule has 1 aromatic carbocycles. The van der Waals surface area contributed by atoms with Crippen LogP contribution < -0.4 is 5.73 Å². The number of hydrogen-bond donors (Lipinski definition) is 1. The molecule has 0 fully saturated rings. The molecule has 0 bridgehead atoms. The number of rotatable bonds is 4. The second kappa shape index (κ2) is 7.50. The van der Waals surface area contributed by atoms with E-state index < -0.39 is 0 Å². The number of benzene rings is 1. The van der Waals surface area contributed by atoms with E-state index >= 15 is 0 Å². The van der Waals surface area contributed by atoms with Gasteiger partial charge in [0.1, 0.15) is 0 Å². The van der Waals surface area contributed by atoms with E-state index in [1.807, 2.05) is 18.2 Å². The van der Waals surface area contributed by atoms with Gasteiger partial charge in [0.05, 0.1) is 5.02 Å². The summed E-state index contributed by atoms with van der Waals surface area (Å²) < 4.78 is 0.920. The Bertz CT molecular complexity index is 305. The van der Waals surface area contributed by atoms with Crippen LogP contribution in [0.15, 0.2) is 22.7 Å². The summed E-state index contributed by atoms with van der Waals surface area (Å²) in [5.41, 5.74) is 7.18. The second-order valence-corrected chi connectivity index (χ2v) is 4.68. The lowest BCUT2D eigenvalue weighted by molar-refractivity contribution is 0.603. The van der Waals surface area contributed by atoms with Gasteiger partial charge in [0.2, 0.25) is 0 Å². The van der Waals surface area contributed by atoms with Crippen molar-refractivity contribution in [2.45, 2.75) is 32.2 Å². The molecule has 86 valence electrons. The van der Waals surface area contributed by atoms with Gasteiger partial charge in [-0.15, -0.1) is 12.4 Å². The van der Waals surface area contributed by atoms with Gasteiger partial charge in [-0.2, -0.15) is 0 Å². The molecule has 0 aliphatic rings. The molecule has 1 rings (SSSR count). The molecule has 2 N–H and O–H groups in total. The number of hydrogen-bond acceptors (Lipinski definition) is 1. The predicted molar refractivity (Wildman–Crippen MR) is 72.9 cm³/mol. The van der Waals surface area contributed by atoms with Crippen LogP contribution in [-0.2, 0) is 0 Å². The summed E-state index contributed by atoms with van der Waals surface area (Å²) in [5.74, 6) is 0. The van der Waals surface area contributed by atoms with Crippen molar-refractivity contribution in [3.8, 4) is 0 Å². The molecular weight excluding hydrogens is 297 g/mol. The zero-order valence-electron chi connectivity index (χ0n) is 8.67. The molecule has 1 nitrogen and oxygen atoms in total. The van der Waals surface area contributed by atoms with Crippen molar-refractivity contribution in [3.05, 3.63) is 33.3 Å². The summed E-state index contributed by atoms with van der Waals surface area (Å²) in [7, 11) is 0. The molecule has 1 atom stereocenters. The first-order chi connectivity index (χ1) is 6.65. The zero-order valence-corrected chi connectivity index (χ0v) is 11.8. The summed E-state index contributed by atoms with van der Waals surface area (Å²) >= 11 is 9.30. The van der Waals surface area contributed by atoms with Crippen molar-refractivity contribution in [2.75, 3.05) is 0 Å². The lowest BCUT2D eigenvalue weighted by atomic mass is 10.0. The standard InChI is InChI=1S/C11H15BrClN.ClH/c1-2-3-4-11(14)8-5-6-10(13)9(12)7-8;/h5-7,11H,2-4,14H2,1H3;1H/t11-;/m1./s1. The fourth-order valence-electron chi connectivity index (χ4n) is 1.33. The quantitative estimate of drug-likeness (QED) is 0.855. The van der Waals surface area contributed by atoms with E-state index in [-0.39, 0.29) is 18.4 Å². The fraction of sp³-hybridized carbons (Fsp3) is 0.455. The molecule has 0 amide bonds. The lowest BCUT2D eigenvalue weighted by Gasteiger charge is -2.12. The first-order valence-corrected chi connectivity index (χ1v) is 6.02. The van der Waals surface area contributed by atoms with Crippen LogP contribution in [0.2, 0.25) is 5.02 Å². The lowest BCUT2D eigenvalue weighted by Crippen LogP contribution is -2.09. The average molecular weight is 313 g/mol. The Morgan fingerprint density at radius 1 is 1.47 bits per heavy atom. The van der Waals surface area contributed by atoms with Gasteiger partial charge in [0.25, 0.3) is 0 Å². The van der Waals surface area contributed by atoms with E-state index in [0.717, 1.165) is 21.5 Å². The third-order valence-electron chi connectivity index (χ3n) is 2.24. The molecule has 15 heavy (non-hydrogen) atoms. The smallest absolute Gasteiger partial charge is 0.0548 e. The largest absolute Gasteiger partial charge is 0.324 e. The molecule has 4 heteroatoms. The van der Waals surface area contributed by atoms with E-state index in [2.05, 4.69) is 22.9 Å². The molecule has 0 aliphatic carbocycles. The van der Waals surface area contributed by atoms with Gasteiger partial charge in [-0.05, 0) is 40.0 Å². The van der Waals surface area contributed by atoms with Crippen molar-refractivity contribution >= 4 is 39.9 Å². The molecule has 0 radical (unpaired) electrons. The van der Waals surface area contributed by atoms with Crippen molar-refractivity contribution in [1.29, 1.82) is 0 Å². The Hall–Kier alpha value is 0.240. The van der Waals surface area contributed by atoms with E-state index in [0.29, 0.717) is 0 Å². The van der Waals surface area contributed by atoms with E-state index in [4.69, 9.17) is 17.3 Å². The summed E-state index contributed by atoms with van der Waals surface area (Å²) in [6.07, 6.45) is 3.38. The van der Waals surface area contributed by atoms with Crippen LogP contribution in [0.25, 0.3) is 0 Å².